The number of pyridine rings is 1. The Balaban J connectivity index is 1.68. The molecule has 0 spiro atoms. The number of ether oxygens (including phenoxy) is 1. The molecule has 2 aromatic heterocycles. The highest BCUT2D eigenvalue weighted by atomic mass is 16.5. The number of likely N-dealkylation sites (tertiary alicyclic amines) is 1. The average molecular weight is 299 g/mol. The second-order valence-corrected chi connectivity index (χ2v) is 6.90. The van der Waals surface area contributed by atoms with E-state index >= 15 is 0 Å². The molecule has 4 heterocycles. The van der Waals surface area contributed by atoms with Crippen LogP contribution in [0.3, 0.4) is 0 Å². The van der Waals surface area contributed by atoms with Gasteiger partial charge in [0.2, 0.25) is 0 Å². The second kappa shape index (κ2) is 6.01. The lowest BCUT2D eigenvalue weighted by Gasteiger charge is -2.31. The lowest BCUT2D eigenvalue weighted by atomic mass is 9.99. The van der Waals surface area contributed by atoms with Gasteiger partial charge in [-0.25, -0.2) is 4.98 Å². The summed E-state index contributed by atoms with van der Waals surface area (Å²) < 4.78 is 5.94. The zero-order valence-corrected chi connectivity index (χ0v) is 13.3. The summed E-state index contributed by atoms with van der Waals surface area (Å²) in [7, 11) is 0. The van der Waals surface area contributed by atoms with Crippen LogP contribution in [0.1, 0.15) is 50.0 Å². The monoisotopic (exact) mass is 299 g/mol. The predicted molar refractivity (Wildman–Crippen MR) is 87.7 cm³/mol. The van der Waals surface area contributed by atoms with Crippen molar-refractivity contribution in [3.8, 4) is 0 Å². The summed E-state index contributed by atoms with van der Waals surface area (Å²) in [6.07, 6.45) is 7.06. The lowest BCUT2D eigenvalue weighted by molar-refractivity contribution is 0.106. The van der Waals surface area contributed by atoms with E-state index in [-0.39, 0.29) is 6.10 Å². The highest BCUT2D eigenvalue weighted by Gasteiger charge is 2.26. The third-order valence-corrected chi connectivity index (χ3v) is 5.09. The van der Waals surface area contributed by atoms with Gasteiger partial charge in [0, 0.05) is 31.3 Å². The summed E-state index contributed by atoms with van der Waals surface area (Å²) in [6, 6.07) is 4.23. The zero-order chi connectivity index (χ0) is 14.9. The number of H-pyrrole nitrogens is 1. The first-order valence-electron chi connectivity index (χ1n) is 8.60. The molecule has 0 aromatic carbocycles. The standard InChI is InChI=1S/C18H25N3O/c1-13-5-3-9-21(11-13)12-15-14-6-2-8-19-18(14)20-17(15)16-7-4-10-22-16/h2,6,8,13,16H,3-5,7,9-12H2,1H3,(H,19,20)/t13?,16-/m1/s1. The van der Waals surface area contributed by atoms with Crippen molar-refractivity contribution in [2.45, 2.75) is 45.3 Å². The number of nitrogens with zero attached hydrogens (tertiary/aromatic N) is 2. The van der Waals surface area contributed by atoms with Crippen molar-refractivity contribution < 1.29 is 4.74 Å². The number of fused-ring (bicyclic) bond motifs is 1. The second-order valence-electron chi connectivity index (χ2n) is 6.90. The Kier molecular flexibility index (Phi) is 3.89. The first kappa shape index (κ1) is 14.2. The fraction of sp³-hybridized carbons (Fsp3) is 0.611. The molecule has 0 radical (unpaired) electrons. The van der Waals surface area contributed by atoms with Crippen LogP contribution in [-0.4, -0.2) is 34.6 Å². The van der Waals surface area contributed by atoms with E-state index in [0.29, 0.717) is 0 Å². The number of rotatable bonds is 3. The summed E-state index contributed by atoms with van der Waals surface area (Å²) in [5, 5.41) is 1.27. The smallest absolute Gasteiger partial charge is 0.137 e. The highest BCUT2D eigenvalue weighted by Crippen LogP contribution is 2.34. The van der Waals surface area contributed by atoms with Gasteiger partial charge in [-0.15, -0.1) is 0 Å². The van der Waals surface area contributed by atoms with E-state index in [4.69, 9.17) is 4.74 Å². The molecule has 2 saturated heterocycles. The van der Waals surface area contributed by atoms with Crippen LogP contribution in [0.2, 0.25) is 0 Å². The fourth-order valence-corrected chi connectivity index (χ4v) is 4.00. The molecular formula is C18H25N3O. The van der Waals surface area contributed by atoms with Gasteiger partial charge in [0.15, 0.2) is 0 Å². The molecule has 1 unspecified atom stereocenters. The molecule has 22 heavy (non-hydrogen) atoms. The molecule has 0 bridgehead atoms. The first-order chi connectivity index (χ1) is 10.8. The van der Waals surface area contributed by atoms with Crippen molar-refractivity contribution in [3.63, 3.8) is 0 Å². The molecule has 0 aliphatic carbocycles. The molecule has 4 heteroatoms. The molecule has 0 amide bonds. The van der Waals surface area contributed by atoms with E-state index in [1.807, 2.05) is 12.3 Å². The van der Waals surface area contributed by atoms with Gasteiger partial charge in [0.25, 0.3) is 0 Å². The van der Waals surface area contributed by atoms with Crippen LogP contribution in [0, 0.1) is 5.92 Å². The number of aromatic nitrogens is 2. The number of hydrogen-bond acceptors (Lipinski definition) is 3. The third-order valence-electron chi connectivity index (χ3n) is 5.09. The molecule has 0 saturated carbocycles. The van der Waals surface area contributed by atoms with E-state index in [1.54, 1.807) is 0 Å². The lowest BCUT2D eigenvalue weighted by Crippen LogP contribution is -2.34. The number of nitrogens with one attached hydrogen (secondary N) is 1. The molecule has 1 N–H and O–H groups in total. The number of piperidine rings is 1. The van der Waals surface area contributed by atoms with Crippen LogP contribution in [0.15, 0.2) is 18.3 Å². The van der Waals surface area contributed by atoms with Gasteiger partial charge in [-0.2, -0.15) is 0 Å². The quantitative estimate of drug-likeness (QED) is 0.940. The van der Waals surface area contributed by atoms with Gasteiger partial charge in [-0.1, -0.05) is 6.92 Å². The average Bonchev–Trinajstić information content (AvgIpc) is 3.15. The van der Waals surface area contributed by atoms with Gasteiger partial charge >= 0.3 is 0 Å². The minimum Gasteiger partial charge on any atom is -0.372 e. The van der Waals surface area contributed by atoms with Crippen molar-refractivity contribution in [1.82, 2.24) is 14.9 Å². The maximum atomic E-state index is 5.94. The molecule has 2 atom stereocenters. The first-order valence-corrected chi connectivity index (χ1v) is 8.60. The van der Waals surface area contributed by atoms with Gasteiger partial charge in [0.1, 0.15) is 5.65 Å². The topological polar surface area (TPSA) is 41.1 Å². The van der Waals surface area contributed by atoms with Crippen molar-refractivity contribution in [2.24, 2.45) is 5.92 Å². The van der Waals surface area contributed by atoms with Crippen molar-refractivity contribution in [1.29, 1.82) is 0 Å². The third kappa shape index (κ3) is 2.66. The SMILES string of the molecule is CC1CCCN(Cc2c([C@H]3CCCO3)[nH]c3ncccc23)C1. The molecule has 2 fully saturated rings. The molecule has 4 nitrogen and oxygen atoms in total. The normalized spacial score (nSPS) is 26.8. The predicted octanol–water partition coefficient (Wildman–Crippen LogP) is 3.65. The summed E-state index contributed by atoms with van der Waals surface area (Å²) >= 11 is 0. The molecule has 4 rings (SSSR count). The van der Waals surface area contributed by atoms with Gasteiger partial charge < -0.3 is 9.72 Å². The summed E-state index contributed by atoms with van der Waals surface area (Å²) in [4.78, 5) is 10.7. The van der Waals surface area contributed by atoms with Crippen molar-refractivity contribution >= 4 is 11.0 Å². The van der Waals surface area contributed by atoms with Crippen LogP contribution in [0.25, 0.3) is 11.0 Å². The minimum atomic E-state index is 0.228. The number of hydrogen-bond donors (Lipinski definition) is 1. The molecule has 2 aromatic rings. The Morgan fingerprint density at radius 1 is 1.36 bits per heavy atom. The number of aromatic amines is 1. The Morgan fingerprint density at radius 2 is 2.32 bits per heavy atom. The van der Waals surface area contributed by atoms with E-state index in [9.17, 15) is 0 Å². The maximum absolute atomic E-state index is 5.94. The van der Waals surface area contributed by atoms with Crippen LogP contribution in [0.5, 0.6) is 0 Å². The Bertz CT molecular complexity index is 645. The Hall–Kier alpha value is -1.39. The van der Waals surface area contributed by atoms with E-state index in [1.165, 1.54) is 42.6 Å². The Labute approximate surface area is 131 Å². The van der Waals surface area contributed by atoms with Crippen LogP contribution >= 0.6 is 0 Å². The van der Waals surface area contributed by atoms with E-state index in [2.05, 4.69) is 27.9 Å². The van der Waals surface area contributed by atoms with Crippen LogP contribution in [0.4, 0.5) is 0 Å². The summed E-state index contributed by atoms with van der Waals surface area (Å²) in [5.41, 5.74) is 3.68. The van der Waals surface area contributed by atoms with Crippen molar-refractivity contribution in [3.05, 3.63) is 29.6 Å². The van der Waals surface area contributed by atoms with Crippen LogP contribution < -0.4 is 0 Å². The highest BCUT2D eigenvalue weighted by molar-refractivity contribution is 5.81. The maximum Gasteiger partial charge on any atom is 0.137 e. The molecule has 2 aliphatic rings. The van der Waals surface area contributed by atoms with E-state index < -0.39 is 0 Å². The largest absolute Gasteiger partial charge is 0.372 e. The minimum absolute atomic E-state index is 0.228. The molecule has 2 aliphatic heterocycles. The molecular weight excluding hydrogens is 274 g/mol. The van der Waals surface area contributed by atoms with Crippen LogP contribution in [-0.2, 0) is 11.3 Å². The van der Waals surface area contributed by atoms with Gasteiger partial charge in [-0.3, -0.25) is 4.90 Å². The van der Waals surface area contributed by atoms with Gasteiger partial charge in [-0.05, 0) is 55.8 Å². The summed E-state index contributed by atoms with van der Waals surface area (Å²) in [5.74, 6) is 0.809. The van der Waals surface area contributed by atoms with Crippen molar-refractivity contribution in [2.75, 3.05) is 19.7 Å². The fourth-order valence-electron chi connectivity index (χ4n) is 4.00. The summed E-state index contributed by atoms with van der Waals surface area (Å²) in [6.45, 7) is 6.68. The Morgan fingerprint density at radius 3 is 3.14 bits per heavy atom. The zero-order valence-electron chi connectivity index (χ0n) is 13.3. The van der Waals surface area contributed by atoms with E-state index in [0.717, 1.165) is 37.6 Å². The molecule has 118 valence electrons. The van der Waals surface area contributed by atoms with Gasteiger partial charge in [0.05, 0.1) is 11.8 Å².